The molecule has 106 valence electrons. The largest absolute Gasteiger partial charge is 0.617 e. The van der Waals surface area contributed by atoms with Crippen LogP contribution in [0.1, 0.15) is 23.7 Å². The molecule has 6 heteroatoms. The molecule has 0 saturated carbocycles. The molecule has 0 atom stereocenters. The summed E-state index contributed by atoms with van der Waals surface area (Å²) in [4.78, 5) is 11.8. The van der Waals surface area contributed by atoms with Crippen molar-refractivity contribution in [1.82, 2.24) is 0 Å². The van der Waals surface area contributed by atoms with Crippen LogP contribution >= 0.6 is 0 Å². The zero-order valence-corrected chi connectivity index (χ0v) is 11.2. The molecule has 0 bridgehead atoms. The van der Waals surface area contributed by atoms with E-state index in [-0.39, 0.29) is 45.6 Å². The molecule has 0 fully saturated rings. The standard InChI is InChI=1S/C15H12N2O4/c1-2-14(18)9-7-12-13(8-15(9)19)17(21)11-6-4-3-5-10(11)16(12)20/h3-8,19H,2H2,1H3. The van der Waals surface area contributed by atoms with Gasteiger partial charge in [0.05, 0.1) is 11.6 Å². The van der Waals surface area contributed by atoms with Crippen LogP contribution in [-0.2, 0) is 0 Å². The van der Waals surface area contributed by atoms with E-state index in [1.165, 1.54) is 18.2 Å². The van der Waals surface area contributed by atoms with E-state index >= 15 is 0 Å². The van der Waals surface area contributed by atoms with Gasteiger partial charge in [0.2, 0.25) is 0 Å². The normalized spacial score (nSPS) is 11.1. The maximum atomic E-state index is 12.4. The summed E-state index contributed by atoms with van der Waals surface area (Å²) in [5, 5.41) is 34.6. The molecule has 0 saturated heterocycles. The minimum Gasteiger partial charge on any atom is -0.617 e. The van der Waals surface area contributed by atoms with Crippen molar-refractivity contribution < 1.29 is 19.4 Å². The number of fused-ring (bicyclic) bond motifs is 2. The van der Waals surface area contributed by atoms with Gasteiger partial charge in [-0.15, -0.1) is 0 Å². The average Bonchev–Trinajstić information content (AvgIpc) is 2.51. The Hall–Kier alpha value is -2.89. The van der Waals surface area contributed by atoms with Crippen molar-refractivity contribution in [3.8, 4) is 5.75 Å². The summed E-state index contributed by atoms with van der Waals surface area (Å²) in [5.41, 5.74) is 0.534. The van der Waals surface area contributed by atoms with Gasteiger partial charge in [-0.2, -0.15) is 9.46 Å². The highest BCUT2D eigenvalue weighted by Gasteiger charge is 2.24. The molecule has 0 aliphatic carbocycles. The third kappa shape index (κ3) is 1.84. The first-order chi connectivity index (χ1) is 10.0. The second kappa shape index (κ2) is 4.59. The Morgan fingerprint density at radius 2 is 1.57 bits per heavy atom. The summed E-state index contributed by atoms with van der Waals surface area (Å²) in [6.07, 6.45) is 0.197. The SMILES string of the molecule is CCC(=O)c1cc2c(cc1O)[n+]([O-])c1ccccc1[n+]2[O-]. The van der Waals surface area contributed by atoms with Gasteiger partial charge in [-0.05, 0) is 0 Å². The molecule has 3 rings (SSSR count). The third-order valence-corrected chi connectivity index (χ3v) is 3.47. The monoisotopic (exact) mass is 284 g/mol. The molecular weight excluding hydrogens is 272 g/mol. The molecule has 21 heavy (non-hydrogen) atoms. The molecule has 0 unspecified atom stereocenters. The van der Waals surface area contributed by atoms with Crippen molar-refractivity contribution in [2.24, 2.45) is 0 Å². The number of aromatic hydroxyl groups is 1. The Balaban J connectivity index is 2.49. The van der Waals surface area contributed by atoms with Gasteiger partial charge in [0, 0.05) is 24.6 Å². The van der Waals surface area contributed by atoms with Crippen LogP contribution in [0.3, 0.4) is 0 Å². The summed E-state index contributed by atoms with van der Waals surface area (Å²) in [7, 11) is 0. The molecule has 1 N–H and O–H groups in total. The zero-order valence-electron chi connectivity index (χ0n) is 11.2. The molecule has 0 amide bonds. The Labute approximate surface area is 119 Å². The van der Waals surface area contributed by atoms with Crippen LogP contribution in [0.2, 0.25) is 0 Å². The first kappa shape index (κ1) is 13.1. The second-order valence-corrected chi connectivity index (χ2v) is 4.71. The number of hydrogen-bond donors (Lipinski definition) is 1. The molecule has 0 aliphatic heterocycles. The number of rotatable bonds is 2. The van der Waals surface area contributed by atoms with Gasteiger partial charge in [-0.3, -0.25) is 4.79 Å². The maximum Gasteiger partial charge on any atom is 0.294 e. The topological polar surface area (TPSA) is 91.2 Å². The van der Waals surface area contributed by atoms with Crippen molar-refractivity contribution in [2.45, 2.75) is 13.3 Å². The lowest BCUT2D eigenvalue weighted by Gasteiger charge is -2.09. The van der Waals surface area contributed by atoms with Crippen LogP contribution < -0.4 is 9.46 Å². The average molecular weight is 284 g/mol. The summed E-state index contributed by atoms with van der Waals surface area (Å²) < 4.78 is 1.18. The van der Waals surface area contributed by atoms with Crippen molar-refractivity contribution in [2.75, 3.05) is 0 Å². The molecule has 6 nitrogen and oxygen atoms in total. The molecule has 2 aromatic carbocycles. The van der Waals surface area contributed by atoms with Gasteiger partial charge >= 0.3 is 0 Å². The smallest absolute Gasteiger partial charge is 0.294 e. The van der Waals surface area contributed by atoms with Crippen LogP contribution in [0, 0.1) is 10.4 Å². The van der Waals surface area contributed by atoms with Crippen LogP contribution in [-0.4, -0.2) is 10.9 Å². The van der Waals surface area contributed by atoms with E-state index in [0.717, 1.165) is 6.07 Å². The van der Waals surface area contributed by atoms with Crippen molar-refractivity contribution in [1.29, 1.82) is 0 Å². The molecule has 3 aromatic rings. The third-order valence-electron chi connectivity index (χ3n) is 3.47. The number of nitrogens with zero attached hydrogens (tertiary/aromatic N) is 2. The number of para-hydroxylation sites is 2. The Bertz CT molecular complexity index is 890. The predicted molar refractivity (Wildman–Crippen MR) is 75.7 cm³/mol. The fourth-order valence-corrected chi connectivity index (χ4v) is 2.37. The molecular formula is C15H12N2O4. The van der Waals surface area contributed by atoms with Crippen molar-refractivity contribution in [3.63, 3.8) is 0 Å². The van der Waals surface area contributed by atoms with Crippen molar-refractivity contribution >= 4 is 27.9 Å². The van der Waals surface area contributed by atoms with E-state index in [4.69, 9.17) is 0 Å². The lowest BCUT2D eigenvalue weighted by molar-refractivity contribution is -0.591. The highest BCUT2D eigenvalue weighted by atomic mass is 16.5. The van der Waals surface area contributed by atoms with Gasteiger partial charge < -0.3 is 15.5 Å². The molecule has 0 aliphatic rings. The number of Topliss-reactive ketones (excluding diaryl/α,β-unsaturated/α-hetero) is 1. The van der Waals surface area contributed by atoms with Gasteiger partial charge in [0.25, 0.3) is 22.1 Å². The number of hydrogen-bond acceptors (Lipinski definition) is 4. The summed E-state index contributed by atoms with van der Waals surface area (Å²) >= 11 is 0. The number of aromatic nitrogens is 2. The second-order valence-electron chi connectivity index (χ2n) is 4.71. The lowest BCUT2D eigenvalue weighted by Crippen LogP contribution is -2.39. The Morgan fingerprint density at radius 1 is 1.05 bits per heavy atom. The van der Waals surface area contributed by atoms with Gasteiger partial charge in [-0.25, -0.2) is 0 Å². The first-order valence-corrected chi connectivity index (χ1v) is 6.48. The summed E-state index contributed by atoms with van der Waals surface area (Å²) in [6, 6.07) is 8.79. The molecule has 0 spiro atoms. The van der Waals surface area contributed by atoms with Crippen molar-refractivity contribution in [3.05, 3.63) is 52.4 Å². The van der Waals surface area contributed by atoms with Gasteiger partial charge in [0.15, 0.2) is 5.78 Å². The Kier molecular flexibility index (Phi) is 2.86. The zero-order chi connectivity index (χ0) is 15.1. The highest BCUT2D eigenvalue weighted by molar-refractivity contribution is 6.01. The van der Waals surface area contributed by atoms with E-state index < -0.39 is 0 Å². The summed E-state index contributed by atoms with van der Waals surface area (Å²) in [6.45, 7) is 1.66. The minimum atomic E-state index is -0.297. The maximum absolute atomic E-state index is 12.4. The number of phenolic OH excluding ortho intramolecular Hbond substituents is 1. The van der Waals surface area contributed by atoms with E-state index in [0.29, 0.717) is 9.46 Å². The van der Waals surface area contributed by atoms with Crippen LogP contribution in [0.4, 0.5) is 0 Å². The number of phenols is 1. The van der Waals surface area contributed by atoms with E-state index in [1.54, 1.807) is 19.1 Å². The van der Waals surface area contributed by atoms with Crippen LogP contribution in [0.5, 0.6) is 5.75 Å². The predicted octanol–water partition coefficient (Wildman–Crippen LogP) is 1.56. The summed E-state index contributed by atoms with van der Waals surface area (Å²) in [5.74, 6) is -0.589. The van der Waals surface area contributed by atoms with E-state index in [9.17, 15) is 20.3 Å². The van der Waals surface area contributed by atoms with Gasteiger partial charge in [-0.1, -0.05) is 19.1 Å². The van der Waals surface area contributed by atoms with E-state index in [2.05, 4.69) is 0 Å². The van der Waals surface area contributed by atoms with Crippen LogP contribution in [0.25, 0.3) is 22.1 Å². The first-order valence-electron chi connectivity index (χ1n) is 6.48. The number of benzene rings is 2. The Morgan fingerprint density at radius 3 is 2.10 bits per heavy atom. The number of carbonyl (C=O) groups excluding carboxylic acids is 1. The quantitative estimate of drug-likeness (QED) is 0.334. The fraction of sp³-hybridized carbons (Fsp3) is 0.133. The van der Waals surface area contributed by atoms with Gasteiger partial charge in [0.1, 0.15) is 5.75 Å². The highest BCUT2D eigenvalue weighted by Crippen LogP contribution is 2.24. The number of ketones is 1. The fourth-order valence-electron chi connectivity index (χ4n) is 2.37. The minimum absolute atomic E-state index is 0.0221. The molecule has 0 radical (unpaired) electrons. The van der Waals surface area contributed by atoms with E-state index in [1.807, 2.05) is 0 Å². The molecule has 1 heterocycles. The molecule has 1 aromatic heterocycles. The van der Waals surface area contributed by atoms with Crippen LogP contribution in [0.15, 0.2) is 36.4 Å². The lowest BCUT2D eigenvalue weighted by atomic mass is 10.1. The number of carbonyl (C=O) groups is 1.